The summed E-state index contributed by atoms with van der Waals surface area (Å²) in [5, 5.41) is 13.1. The number of hydrogen-bond acceptors (Lipinski definition) is 7. The monoisotopic (exact) mass is 470 g/mol. The molecule has 2 aliphatic heterocycles. The predicted octanol–water partition coefficient (Wildman–Crippen LogP) is 3.57. The minimum atomic E-state index is -1.10. The van der Waals surface area contributed by atoms with Crippen LogP contribution in [0.1, 0.15) is 49.4 Å². The van der Waals surface area contributed by atoms with Gasteiger partial charge in [-0.05, 0) is 36.3 Å². The highest BCUT2D eigenvalue weighted by molar-refractivity contribution is 7.85. The van der Waals surface area contributed by atoms with E-state index in [0.717, 1.165) is 37.2 Å². The first-order valence-electron chi connectivity index (χ1n) is 11.7. The van der Waals surface area contributed by atoms with Gasteiger partial charge in [-0.3, -0.25) is 4.21 Å². The highest BCUT2D eigenvalue weighted by Crippen LogP contribution is 2.34. The Bertz CT molecular complexity index is 1030. The second-order valence-electron chi connectivity index (χ2n) is 9.14. The van der Waals surface area contributed by atoms with Crippen LogP contribution >= 0.6 is 0 Å². The maximum Gasteiger partial charge on any atom is 0.227 e. The Morgan fingerprint density at radius 2 is 2.09 bits per heavy atom. The molecule has 33 heavy (non-hydrogen) atoms. The first-order chi connectivity index (χ1) is 15.9. The van der Waals surface area contributed by atoms with Gasteiger partial charge in [0, 0.05) is 30.8 Å². The first-order valence-corrected chi connectivity index (χ1v) is 13.0. The summed E-state index contributed by atoms with van der Waals surface area (Å²) in [7, 11) is 0.549. The summed E-state index contributed by atoms with van der Waals surface area (Å²) >= 11 is 0. The van der Waals surface area contributed by atoms with Crippen molar-refractivity contribution in [1.29, 1.82) is 0 Å². The lowest BCUT2D eigenvalue weighted by molar-refractivity contribution is 0.249. The number of piperidine rings is 1. The molecule has 2 aromatic rings. The van der Waals surface area contributed by atoms with Crippen LogP contribution in [0.3, 0.4) is 0 Å². The molecule has 2 atom stereocenters. The van der Waals surface area contributed by atoms with Gasteiger partial charge >= 0.3 is 0 Å². The van der Waals surface area contributed by atoms with Crippen molar-refractivity contribution in [2.45, 2.75) is 50.0 Å². The van der Waals surface area contributed by atoms with Crippen LogP contribution in [0, 0.1) is 5.92 Å². The van der Waals surface area contributed by atoms with Gasteiger partial charge < -0.3 is 20.1 Å². The summed E-state index contributed by atoms with van der Waals surface area (Å²) in [6.07, 6.45) is 2.71. The van der Waals surface area contributed by atoms with E-state index in [1.807, 2.05) is 6.07 Å². The maximum atomic E-state index is 12.6. The minimum Gasteiger partial charge on any atom is -0.497 e. The summed E-state index contributed by atoms with van der Waals surface area (Å²) in [5.74, 6) is 3.26. The molecule has 0 spiro atoms. The Labute approximate surface area is 198 Å². The molecule has 0 bridgehead atoms. The van der Waals surface area contributed by atoms with Gasteiger partial charge in [0.05, 0.1) is 36.3 Å². The zero-order chi connectivity index (χ0) is 23.5. The third kappa shape index (κ3) is 5.06. The van der Waals surface area contributed by atoms with Crippen molar-refractivity contribution in [3.05, 3.63) is 47.7 Å². The molecule has 0 amide bonds. The molecule has 0 radical (unpaired) electrons. The van der Waals surface area contributed by atoms with E-state index in [1.165, 1.54) is 5.56 Å². The second kappa shape index (κ2) is 10.2. The Morgan fingerprint density at radius 3 is 2.76 bits per heavy atom. The molecule has 3 heterocycles. The van der Waals surface area contributed by atoms with Crippen LogP contribution in [-0.4, -0.2) is 57.9 Å². The quantitative estimate of drug-likeness (QED) is 0.570. The molecule has 1 aromatic heterocycles. The lowest BCUT2D eigenvalue weighted by atomic mass is 9.88. The molecule has 0 aliphatic carbocycles. The van der Waals surface area contributed by atoms with Crippen LogP contribution in [0.15, 0.2) is 35.7 Å². The Morgan fingerprint density at radius 1 is 1.33 bits per heavy atom. The number of benzene rings is 1. The molecule has 1 aromatic carbocycles. The Kier molecular flexibility index (Phi) is 7.34. The molecular formula is C25H34N4O3S. The van der Waals surface area contributed by atoms with Crippen molar-refractivity contribution in [3.8, 4) is 0 Å². The largest absolute Gasteiger partial charge is 0.497 e. The molecule has 178 valence electrons. The summed E-state index contributed by atoms with van der Waals surface area (Å²) in [6.45, 7) is 9.78. The van der Waals surface area contributed by atoms with E-state index in [-0.39, 0.29) is 18.6 Å². The summed E-state index contributed by atoms with van der Waals surface area (Å²) < 4.78 is 17.9. The SMILES string of the molecule is C=C(OC)c1cccc(C2CCN(c3nc4c(c(N[C@@H](CO)C(C)C)n3)S(=O)CC4)CC2)c1. The maximum absolute atomic E-state index is 12.6. The molecule has 0 saturated carbocycles. The molecule has 2 N–H and O–H groups in total. The van der Waals surface area contributed by atoms with Gasteiger partial charge in [-0.2, -0.15) is 4.98 Å². The molecular weight excluding hydrogens is 436 g/mol. The van der Waals surface area contributed by atoms with E-state index in [1.54, 1.807) is 7.11 Å². The third-order valence-corrected chi connectivity index (χ3v) is 8.16. The van der Waals surface area contributed by atoms with E-state index in [0.29, 0.717) is 40.5 Å². The number of methoxy groups -OCH3 is 1. The number of hydrogen-bond donors (Lipinski definition) is 2. The fourth-order valence-electron chi connectivity index (χ4n) is 4.52. The van der Waals surface area contributed by atoms with Crippen LogP contribution in [0.5, 0.6) is 0 Å². The predicted molar refractivity (Wildman–Crippen MR) is 133 cm³/mol. The van der Waals surface area contributed by atoms with Crippen molar-refractivity contribution < 1.29 is 14.1 Å². The Hall–Kier alpha value is -2.45. The number of rotatable bonds is 8. The van der Waals surface area contributed by atoms with Crippen LogP contribution in [0.25, 0.3) is 5.76 Å². The molecule has 7 nitrogen and oxygen atoms in total. The number of nitrogens with one attached hydrogen (secondary N) is 1. The number of aliphatic hydroxyl groups is 1. The van der Waals surface area contributed by atoms with Crippen LogP contribution in [0.2, 0.25) is 0 Å². The van der Waals surface area contributed by atoms with E-state index in [9.17, 15) is 9.32 Å². The van der Waals surface area contributed by atoms with Crippen LogP contribution in [-0.2, 0) is 22.0 Å². The summed E-state index contributed by atoms with van der Waals surface area (Å²) in [6, 6.07) is 8.30. The van der Waals surface area contributed by atoms with E-state index in [4.69, 9.17) is 14.7 Å². The summed E-state index contributed by atoms with van der Waals surface area (Å²) in [5.41, 5.74) is 3.20. The smallest absolute Gasteiger partial charge is 0.227 e. The van der Waals surface area contributed by atoms with Crippen molar-refractivity contribution in [1.82, 2.24) is 9.97 Å². The van der Waals surface area contributed by atoms with Crippen molar-refractivity contribution in [3.63, 3.8) is 0 Å². The standard InChI is InChI=1S/C25H34N4O3S/c1-16(2)22(15-30)26-24-23-21(10-13-33(23)31)27-25(28-24)29-11-8-18(9-12-29)20-7-5-6-19(14-20)17(3)32-4/h5-7,14,16,18,22,30H,3,8-13,15H2,1-2,4H3,(H,26,27,28)/t22-,33?/m0/s1. The van der Waals surface area contributed by atoms with Crippen molar-refractivity contribution in [2.75, 3.05) is 42.8 Å². The number of anilines is 2. The molecule has 8 heteroatoms. The Balaban J connectivity index is 1.52. The van der Waals surface area contributed by atoms with E-state index >= 15 is 0 Å². The zero-order valence-electron chi connectivity index (χ0n) is 19.7. The lowest BCUT2D eigenvalue weighted by Crippen LogP contribution is -2.35. The van der Waals surface area contributed by atoms with Crippen LogP contribution < -0.4 is 10.2 Å². The average Bonchev–Trinajstić information content (AvgIpc) is 3.22. The summed E-state index contributed by atoms with van der Waals surface area (Å²) in [4.78, 5) is 12.5. The van der Waals surface area contributed by atoms with Gasteiger partial charge in [0.2, 0.25) is 5.95 Å². The van der Waals surface area contributed by atoms with Gasteiger partial charge in [-0.25, -0.2) is 4.98 Å². The molecule has 1 saturated heterocycles. The van der Waals surface area contributed by atoms with Crippen molar-refractivity contribution in [2.24, 2.45) is 5.92 Å². The first kappa shape index (κ1) is 23.7. The normalized spacial score (nSPS) is 19.4. The van der Waals surface area contributed by atoms with Gasteiger partial charge in [0.15, 0.2) is 0 Å². The number of nitrogens with zero attached hydrogens (tertiary/aromatic N) is 3. The minimum absolute atomic E-state index is 0.00162. The fraction of sp³-hybridized carbons (Fsp3) is 0.520. The fourth-order valence-corrected chi connectivity index (χ4v) is 5.83. The zero-order valence-corrected chi connectivity index (χ0v) is 20.5. The van der Waals surface area contributed by atoms with Gasteiger partial charge in [0.25, 0.3) is 0 Å². The average molecular weight is 471 g/mol. The molecule has 1 unspecified atom stereocenters. The van der Waals surface area contributed by atoms with E-state index < -0.39 is 10.8 Å². The molecule has 4 rings (SSSR count). The number of ether oxygens (including phenoxy) is 1. The molecule has 2 aliphatic rings. The lowest BCUT2D eigenvalue weighted by Gasteiger charge is -2.33. The molecule has 1 fully saturated rings. The van der Waals surface area contributed by atoms with Crippen molar-refractivity contribution >= 4 is 28.3 Å². The van der Waals surface area contributed by atoms with Gasteiger partial charge in [0.1, 0.15) is 16.5 Å². The highest BCUT2D eigenvalue weighted by Gasteiger charge is 2.30. The number of aromatic nitrogens is 2. The van der Waals surface area contributed by atoms with Gasteiger partial charge in [-0.1, -0.05) is 38.6 Å². The second-order valence-corrected chi connectivity index (χ2v) is 10.6. The highest BCUT2D eigenvalue weighted by atomic mass is 32.2. The van der Waals surface area contributed by atoms with Gasteiger partial charge in [-0.15, -0.1) is 0 Å². The number of aryl methyl sites for hydroxylation is 1. The van der Waals surface area contributed by atoms with Crippen LogP contribution in [0.4, 0.5) is 11.8 Å². The number of aliphatic hydroxyl groups excluding tert-OH is 1. The number of fused-ring (bicyclic) bond motifs is 1. The topological polar surface area (TPSA) is 87.6 Å². The third-order valence-electron chi connectivity index (χ3n) is 6.70. The van der Waals surface area contributed by atoms with E-state index in [2.05, 4.69) is 48.8 Å².